The SMILES string of the molecule is C=CC[C@@H]1C=C(OC)[C@@]([C]=[C]c2ccccc2)(CC=C)O[C@@H]1COC.[C-]#[O+].[C-]#[O+].[C-]#[O+].[C-]#[O+].[C-]#[O+].[C-]#[O+].[Co].[Co]. The molecule has 0 spiro atoms. The molecule has 0 saturated carbocycles. The van der Waals surface area contributed by atoms with Gasteiger partial charge in [-0.3, -0.25) is 0 Å². The maximum Gasteiger partial charge on any atom is 0 e. The second-order valence-corrected chi connectivity index (χ2v) is 5.97. The van der Waals surface area contributed by atoms with Crippen LogP contribution in [0.2, 0.25) is 0 Å². The molecule has 0 N–H and O–H groups in total. The van der Waals surface area contributed by atoms with Crippen LogP contribution < -0.4 is 0 Å². The molecule has 1 aromatic carbocycles. The quantitative estimate of drug-likeness (QED) is 0.232. The van der Waals surface area contributed by atoms with Crippen LogP contribution in [0.5, 0.6) is 0 Å². The van der Waals surface area contributed by atoms with Crippen LogP contribution in [0.1, 0.15) is 18.4 Å². The Labute approximate surface area is 251 Å². The van der Waals surface area contributed by atoms with E-state index in [0.717, 1.165) is 17.7 Å². The molecule has 0 bridgehead atoms. The first-order chi connectivity index (χ1) is 18.2. The minimum Gasteiger partial charge on any atom is 0 e. The van der Waals surface area contributed by atoms with Gasteiger partial charge in [-0.2, -0.15) is 0 Å². The molecule has 210 valence electrons. The summed E-state index contributed by atoms with van der Waals surface area (Å²) >= 11 is 0. The summed E-state index contributed by atoms with van der Waals surface area (Å²) in [6, 6.07) is 9.85. The van der Waals surface area contributed by atoms with E-state index in [0.29, 0.717) is 13.0 Å². The number of ether oxygens (including phenoxy) is 3. The Morgan fingerprint density at radius 2 is 1.36 bits per heavy atom. The summed E-state index contributed by atoms with van der Waals surface area (Å²) in [5.74, 6) is 0.860. The molecule has 0 unspecified atom stereocenters. The first-order valence-corrected chi connectivity index (χ1v) is 9.64. The second kappa shape index (κ2) is 42.4. The Balaban J connectivity index is -0.000000129. The fourth-order valence-electron chi connectivity index (χ4n) is 3.00. The summed E-state index contributed by atoms with van der Waals surface area (Å²) in [6.45, 7) is 35.2. The molecule has 9 nitrogen and oxygen atoms in total. The Bertz CT molecular complexity index is 838. The molecule has 1 heterocycles. The molecule has 0 aromatic heterocycles. The van der Waals surface area contributed by atoms with E-state index < -0.39 is 5.60 Å². The average Bonchev–Trinajstić information content (AvgIpc) is 3.00. The molecule has 1 aliphatic heterocycles. The third-order valence-electron chi connectivity index (χ3n) is 4.20. The van der Waals surface area contributed by atoms with Crippen LogP contribution in [0.25, 0.3) is 0 Å². The van der Waals surface area contributed by atoms with E-state index in [1.165, 1.54) is 0 Å². The number of benzene rings is 1. The van der Waals surface area contributed by atoms with E-state index in [2.05, 4.69) is 71.3 Å². The van der Waals surface area contributed by atoms with E-state index in [9.17, 15) is 0 Å². The van der Waals surface area contributed by atoms with Crippen molar-refractivity contribution in [2.24, 2.45) is 5.92 Å². The van der Waals surface area contributed by atoms with Crippen LogP contribution in [0.4, 0.5) is 0 Å². The normalized spacial score (nSPS) is 17.1. The molecule has 0 aliphatic carbocycles. The number of rotatable bonds is 9. The topological polar surface area (TPSA) is 147 Å². The van der Waals surface area contributed by atoms with Gasteiger partial charge < -0.3 is 14.2 Å². The van der Waals surface area contributed by atoms with Crippen LogP contribution in [0, 0.1) is 58.0 Å². The van der Waals surface area contributed by atoms with E-state index in [1.807, 2.05) is 42.5 Å². The van der Waals surface area contributed by atoms with Crippen LogP contribution >= 0.6 is 0 Å². The van der Waals surface area contributed by atoms with Gasteiger partial charge in [0.1, 0.15) is 5.76 Å². The summed E-state index contributed by atoms with van der Waals surface area (Å²) in [5, 5.41) is 0. The fraction of sp³-hybridized carbons (Fsp3) is 0.286. The molecule has 0 amide bonds. The van der Waals surface area contributed by atoms with Crippen molar-refractivity contribution >= 4 is 0 Å². The van der Waals surface area contributed by atoms with Crippen molar-refractivity contribution in [3.8, 4) is 0 Å². The summed E-state index contributed by atoms with van der Waals surface area (Å²) in [4.78, 5) is 0. The van der Waals surface area contributed by atoms with Gasteiger partial charge in [-0.25, -0.2) is 0 Å². The zero-order valence-electron chi connectivity index (χ0n) is 21.1. The van der Waals surface area contributed by atoms with Gasteiger partial charge in [0.05, 0.1) is 19.8 Å². The van der Waals surface area contributed by atoms with Crippen molar-refractivity contribution in [3.63, 3.8) is 0 Å². The van der Waals surface area contributed by atoms with E-state index in [4.69, 9.17) is 42.1 Å². The smallest absolute Gasteiger partial charge is 0 e. The van der Waals surface area contributed by atoms with Crippen molar-refractivity contribution in [3.05, 3.63) is 125 Å². The van der Waals surface area contributed by atoms with Gasteiger partial charge >= 0.3 is 67.8 Å². The van der Waals surface area contributed by atoms with Crippen LogP contribution in [0.3, 0.4) is 0 Å². The van der Waals surface area contributed by atoms with Gasteiger partial charge in [0, 0.05) is 59.1 Å². The summed E-state index contributed by atoms with van der Waals surface area (Å²) < 4.78 is 62.5. The molecule has 11 heteroatoms. The number of hydrogen-bond acceptors (Lipinski definition) is 3. The number of hydrogen-bond donors (Lipinski definition) is 0. The number of allylic oxidation sites excluding steroid dienone is 1. The maximum absolute atomic E-state index is 7.50. The summed E-state index contributed by atoms with van der Waals surface area (Å²) in [7, 11) is 3.33. The third-order valence-corrected chi connectivity index (χ3v) is 4.20. The Morgan fingerprint density at radius 3 is 1.74 bits per heavy atom. The molecule has 39 heavy (non-hydrogen) atoms. The molecule has 3 atom stereocenters. The maximum atomic E-state index is 7.50. The molecule has 1 aromatic rings. The average molecular weight is 624 g/mol. The summed E-state index contributed by atoms with van der Waals surface area (Å²) in [6.07, 6.45) is 13.5. The van der Waals surface area contributed by atoms with Crippen molar-refractivity contribution in [1.29, 1.82) is 0 Å². The molecular formula is C28H26Co2O9. The first-order valence-electron chi connectivity index (χ1n) is 9.64. The Kier molecular flexibility index (Phi) is 57.4. The largest absolute Gasteiger partial charge is 0 e. The predicted molar refractivity (Wildman–Crippen MR) is 123 cm³/mol. The molecule has 0 saturated heterocycles. The Morgan fingerprint density at radius 1 is 0.872 bits per heavy atom. The molecule has 1 aliphatic rings. The van der Waals surface area contributed by atoms with Gasteiger partial charge in [0.2, 0.25) is 0 Å². The molecular weight excluding hydrogens is 598 g/mol. The number of methoxy groups -OCH3 is 2. The van der Waals surface area contributed by atoms with Gasteiger partial charge in [-0.05, 0) is 24.1 Å². The van der Waals surface area contributed by atoms with Crippen molar-refractivity contribution in [1.82, 2.24) is 0 Å². The second-order valence-electron chi connectivity index (χ2n) is 5.97. The van der Waals surface area contributed by atoms with Gasteiger partial charge in [-0.15, -0.1) is 13.2 Å². The molecule has 0 fully saturated rings. The monoisotopic (exact) mass is 624 g/mol. The zero-order chi connectivity index (χ0) is 30.1. The van der Waals surface area contributed by atoms with E-state index in [1.54, 1.807) is 14.2 Å². The van der Waals surface area contributed by atoms with Crippen LogP contribution in [-0.2, 0) is 75.7 Å². The van der Waals surface area contributed by atoms with Crippen molar-refractivity contribution < 1.29 is 75.7 Å². The van der Waals surface area contributed by atoms with Crippen molar-refractivity contribution in [2.75, 3.05) is 20.8 Å². The minimum atomic E-state index is -0.854. The first kappa shape index (κ1) is 52.7. The van der Waals surface area contributed by atoms with Gasteiger partial charge in [0.15, 0.2) is 5.60 Å². The Hall–Kier alpha value is -2.65. The molecule has 4 radical (unpaired) electrons. The predicted octanol–water partition coefficient (Wildman–Crippen LogP) is 4.05. The summed E-state index contributed by atoms with van der Waals surface area (Å²) in [5.41, 5.74) is 0.0780. The third kappa shape index (κ3) is 21.9. The van der Waals surface area contributed by atoms with Crippen LogP contribution in [-0.4, -0.2) is 32.5 Å². The van der Waals surface area contributed by atoms with Crippen LogP contribution in [0.15, 0.2) is 67.5 Å². The van der Waals surface area contributed by atoms with E-state index >= 15 is 0 Å². The van der Waals surface area contributed by atoms with Gasteiger partial charge in [-0.1, -0.05) is 42.5 Å². The van der Waals surface area contributed by atoms with Crippen molar-refractivity contribution in [2.45, 2.75) is 24.5 Å². The van der Waals surface area contributed by atoms with Gasteiger partial charge in [0.25, 0.3) is 0 Å². The van der Waals surface area contributed by atoms with E-state index in [-0.39, 0.29) is 45.6 Å². The zero-order valence-corrected chi connectivity index (χ0v) is 23.2. The fourth-order valence-corrected chi connectivity index (χ4v) is 3.00. The minimum absolute atomic E-state index is 0. The molecule has 2 rings (SSSR count). The standard InChI is InChI=1S/C22H26O3.6CO.2Co/c1-5-10-19-16-21(24-4)22(14-6-2,25-20(19)17-23-3)15-13-18-11-8-7-9-12-18;6*1-2;;/h5-9,11-12,16,19-20H,1-2,10,14,17H2,3-4H3;;;;;;;;/t19-,20-,22+;;;;;;;;/m1......../s1.